The number of nitrogens with zero attached hydrogens (tertiary/aromatic N) is 1. The number of aromatic nitrogens is 1. The molecule has 0 saturated carbocycles. The van der Waals surface area contributed by atoms with Gasteiger partial charge >= 0.3 is 0 Å². The van der Waals surface area contributed by atoms with Gasteiger partial charge in [-0.2, -0.15) is 0 Å². The molecular formula is C15H17FN2S. The molecule has 2 nitrogen and oxygen atoms in total. The van der Waals surface area contributed by atoms with Gasteiger partial charge in [-0.3, -0.25) is 4.98 Å². The Morgan fingerprint density at radius 2 is 2.00 bits per heavy atom. The topological polar surface area (TPSA) is 24.9 Å². The van der Waals surface area contributed by atoms with Crippen LogP contribution in [0.2, 0.25) is 0 Å². The summed E-state index contributed by atoms with van der Waals surface area (Å²) in [6, 6.07) is 8.86. The quantitative estimate of drug-likeness (QED) is 0.811. The van der Waals surface area contributed by atoms with Crippen LogP contribution in [0.25, 0.3) is 0 Å². The van der Waals surface area contributed by atoms with Crippen molar-refractivity contribution >= 4 is 11.8 Å². The molecule has 0 bridgehead atoms. The van der Waals surface area contributed by atoms with Gasteiger partial charge in [-0.1, -0.05) is 18.7 Å². The van der Waals surface area contributed by atoms with Gasteiger partial charge in [0.2, 0.25) is 0 Å². The molecule has 1 heterocycles. The van der Waals surface area contributed by atoms with Crippen molar-refractivity contribution in [3.05, 3.63) is 54.1 Å². The zero-order valence-electron chi connectivity index (χ0n) is 10.9. The fourth-order valence-corrected chi connectivity index (χ4v) is 2.63. The fourth-order valence-electron chi connectivity index (χ4n) is 1.72. The summed E-state index contributed by atoms with van der Waals surface area (Å²) in [5.74, 6) is -0.188. The molecule has 0 saturated heterocycles. The average molecular weight is 276 g/mol. The van der Waals surface area contributed by atoms with Gasteiger partial charge in [0.05, 0.1) is 0 Å². The normalized spacial score (nSPS) is 10.6. The van der Waals surface area contributed by atoms with Gasteiger partial charge < -0.3 is 5.32 Å². The molecule has 2 rings (SSSR count). The van der Waals surface area contributed by atoms with Gasteiger partial charge in [-0.05, 0) is 48.9 Å². The van der Waals surface area contributed by atoms with Crippen LogP contribution in [0.5, 0.6) is 0 Å². The smallest absolute Gasteiger partial charge is 0.123 e. The second-order valence-corrected chi connectivity index (χ2v) is 5.33. The molecule has 0 fully saturated rings. The maximum atomic E-state index is 13.3. The number of hydrogen-bond acceptors (Lipinski definition) is 3. The van der Waals surface area contributed by atoms with E-state index in [1.165, 1.54) is 6.07 Å². The lowest BCUT2D eigenvalue weighted by Crippen LogP contribution is -2.14. The molecule has 0 aliphatic carbocycles. The lowest BCUT2D eigenvalue weighted by molar-refractivity contribution is 0.615. The van der Waals surface area contributed by atoms with Crippen LogP contribution >= 0.6 is 11.8 Å². The summed E-state index contributed by atoms with van der Waals surface area (Å²) < 4.78 is 13.3. The van der Waals surface area contributed by atoms with Gasteiger partial charge in [-0.25, -0.2) is 4.39 Å². The number of rotatable bonds is 6. The van der Waals surface area contributed by atoms with Gasteiger partial charge in [0.1, 0.15) is 5.82 Å². The minimum Gasteiger partial charge on any atom is -0.313 e. The molecule has 0 radical (unpaired) electrons. The molecule has 1 N–H and O–H groups in total. The van der Waals surface area contributed by atoms with E-state index in [-0.39, 0.29) is 5.82 Å². The standard InChI is InChI=1S/C15H17FN2S/c1-2-7-18-11-12-10-13(16)3-4-15(12)19-14-5-8-17-9-6-14/h3-6,8-10,18H,2,7,11H2,1H3. The second kappa shape index (κ2) is 7.26. The van der Waals surface area contributed by atoms with E-state index in [0.29, 0.717) is 6.54 Å². The van der Waals surface area contributed by atoms with Crippen LogP contribution in [0.3, 0.4) is 0 Å². The summed E-state index contributed by atoms with van der Waals surface area (Å²) in [7, 11) is 0. The zero-order valence-corrected chi connectivity index (χ0v) is 11.7. The zero-order chi connectivity index (χ0) is 13.5. The van der Waals surface area contributed by atoms with Crippen LogP contribution in [0, 0.1) is 5.82 Å². The predicted octanol–water partition coefficient (Wildman–Crippen LogP) is 3.87. The van der Waals surface area contributed by atoms with E-state index in [0.717, 1.165) is 28.3 Å². The highest BCUT2D eigenvalue weighted by Crippen LogP contribution is 2.30. The molecule has 19 heavy (non-hydrogen) atoms. The largest absolute Gasteiger partial charge is 0.313 e. The maximum Gasteiger partial charge on any atom is 0.123 e. The summed E-state index contributed by atoms with van der Waals surface area (Å²) >= 11 is 1.63. The number of benzene rings is 1. The summed E-state index contributed by atoms with van der Waals surface area (Å²) in [6.45, 7) is 3.75. The van der Waals surface area contributed by atoms with Crippen LogP contribution in [0.4, 0.5) is 4.39 Å². The van der Waals surface area contributed by atoms with Crippen molar-refractivity contribution in [1.82, 2.24) is 10.3 Å². The Hall–Kier alpha value is -1.39. The van der Waals surface area contributed by atoms with E-state index in [4.69, 9.17) is 0 Å². The van der Waals surface area contributed by atoms with Crippen LogP contribution in [-0.2, 0) is 6.54 Å². The summed E-state index contributed by atoms with van der Waals surface area (Å²) in [5.41, 5.74) is 0.996. The molecule has 1 aromatic heterocycles. The number of nitrogens with one attached hydrogen (secondary N) is 1. The number of halogens is 1. The van der Waals surface area contributed by atoms with Gasteiger partial charge in [0, 0.05) is 28.7 Å². The molecule has 0 unspecified atom stereocenters. The number of hydrogen-bond donors (Lipinski definition) is 1. The van der Waals surface area contributed by atoms with E-state index in [9.17, 15) is 4.39 Å². The van der Waals surface area contributed by atoms with Crippen molar-refractivity contribution < 1.29 is 4.39 Å². The Bertz CT molecular complexity index is 517. The first-order chi connectivity index (χ1) is 9.29. The maximum absolute atomic E-state index is 13.3. The summed E-state index contributed by atoms with van der Waals surface area (Å²) in [6.07, 6.45) is 4.60. The highest BCUT2D eigenvalue weighted by molar-refractivity contribution is 7.99. The molecule has 2 aromatic rings. The summed E-state index contributed by atoms with van der Waals surface area (Å²) in [5, 5.41) is 3.31. The molecular weight excluding hydrogens is 259 g/mol. The highest BCUT2D eigenvalue weighted by Gasteiger charge is 2.06. The molecule has 0 atom stereocenters. The van der Waals surface area contributed by atoms with Crippen molar-refractivity contribution in [3.8, 4) is 0 Å². The Labute approximate surface area is 117 Å². The molecule has 0 aliphatic rings. The van der Waals surface area contributed by atoms with Crippen molar-refractivity contribution in [2.24, 2.45) is 0 Å². The monoisotopic (exact) mass is 276 g/mol. The van der Waals surface area contributed by atoms with Gasteiger partial charge in [0.15, 0.2) is 0 Å². The predicted molar refractivity (Wildman–Crippen MR) is 76.8 cm³/mol. The molecule has 0 amide bonds. The third kappa shape index (κ3) is 4.33. The Morgan fingerprint density at radius 1 is 1.21 bits per heavy atom. The first kappa shape index (κ1) is 14.0. The fraction of sp³-hybridized carbons (Fsp3) is 0.267. The SMILES string of the molecule is CCCNCc1cc(F)ccc1Sc1ccncc1. The van der Waals surface area contributed by atoms with E-state index in [1.54, 1.807) is 30.2 Å². The van der Waals surface area contributed by atoms with Crippen molar-refractivity contribution in [2.45, 2.75) is 29.7 Å². The Kier molecular flexibility index (Phi) is 5.36. The van der Waals surface area contributed by atoms with Gasteiger partial charge in [-0.15, -0.1) is 0 Å². The van der Waals surface area contributed by atoms with E-state index >= 15 is 0 Å². The Balaban J connectivity index is 2.14. The Morgan fingerprint density at radius 3 is 2.74 bits per heavy atom. The van der Waals surface area contributed by atoms with Crippen LogP contribution in [-0.4, -0.2) is 11.5 Å². The van der Waals surface area contributed by atoms with Crippen molar-refractivity contribution in [1.29, 1.82) is 0 Å². The third-order valence-electron chi connectivity index (χ3n) is 2.64. The van der Waals surface area contributed by atoms with Crippen molar-refractivity contribution in [3.63, 3.8) is 0 Å². The first-order valence-electron chi connectivity index (χ1n) is 6.36. The number of pyridine rings is 1. The van der Waals surface area contributed by atoms with Crippen LogP contribution in [0.15, 0.2) is 52.5 Å². The molecule has 4 heteroatoms. The molecule has 100 valence electrons. The first-order valence-corrected chi connectivity index (χ1v) is 7.18. The second-order valence-electron chi connectivity index (χ2n) is 4.21. The molecule has 1 aromatic carbocycles. The van der Waals surface area contributed by atoms with E-state index in [1.807, 2.05) is 18.2 Å². The van der Waals surface area contributed by atoms with Crippen molar-refractivity contribution in [2.75, 3.05) is 6.54 Å². The van der Waals surface area contributed by atoms with Crippen LogP contribution in [0.1, 0.15) is 18.9 Å². The molecule has 0 aliphatic heterocycles. The average Bonchev–Trinajstić information content (AvgIpc) is 2.43. The minimum absolute atomic E-state index is 0.188. The van der Waals surface area contributed by atoms with E-state index in [2.05, 4.69) is 17.2 Å². The minimum atomic E-state index is -0.188. The summed E-state index contributed by atoms with van der Waals surface area (Å²) in [4.78, 5) is 6.19. The highest BCUT2D eigenvalue weighted by atomic mass is 32.2. The third-order valence-corrected chi connectivity index (χ3v) is 3.77. The van der Waals surface area contributed by atoms with Gasteiger partial charge in [0.25, 0.3) is 0 Å². The van der Waals surface area contributed by atoms with E-state index < -0.39 is 0 Å². The molecule has 0 spiro atoms. The van der Waals surface area contributed by atoms with Crippen LogP contribution < -0.4 is 5.32 Å². The lowest BCUT2D eigenvalue weighted by atomic mass is 10.2. The lowest BCUT2D eigenvalue weighted by Gasteiger charge is -2.10.